The first kappa shape index (κ1) is 13.6. The summed E-state index contributed by atoms with van der Waals surface area (Å²) in [4.78, 5) is 13.0. The fourth-order valence-corrected chi connectivity index (χ4v) is 1.91. The highest BCUT2D eigenvalue weighted by Gasteiger charge is 2.14. The fraction of sp³-hybridized carbons (Fsp3) is 0.400. The van der Waals surface area contributed by atoms with Crippen LogP contribution in [-0.2, 0) is 6.42 Å². The quantitative estimate of drug-likeness (QED) is 0.862. The van der Waals surface area contributed by atoms with E-state index in [1.165, 1.54) is 5.56 Å². The molecule has 1 N–H and O–H groups in total. The maximum absolute atomic E-state index is 4.43. The van der Waals surface area contributed by atoms with Gasteiger partial charge in [0.05, 0.1) is 6.04 Å². The Morgan fingerprint density at radius 3 is 2.63 bits per heavy atom. The van der Waals surface area contributed by atoms with Crippen molar-refractivity contribution in [1.82, 2.24) is 20.3 Å². The summed E-state index contributed by atoms with van der Waals surface area (Å²) in [5.41, 5.74) is 2.28. The van der Waals surface area contributed by atoms with Gasteiger partial charge < -0.3 is 5.32 Å². The summed E-state index contributed by atoms with van der Waals surface area (Å²) in [5, 5.41) is 3.50. The molecule has 0 saturated heterocycles. The van der Waals surface area contributed by atoms with Crippen LogP contribution in [0.3, 0.4) is 0 Å². The van der Waals surface area contributed by atoms with Crippen molar-refractivity contribution in [3.8, 4) is 0 Å². The number of hydrogen-bond acceptors (Lipinski definition) is 4. The minimum Gasteiger partial charge on any atom is -0.307 e. The SMILES string of the molecule is CCCNC(Cc1cccnc1)c1ncc(C)cn1. The van der Waals surface area contributed by atoms with Crippen LogP contribution in [0.1, 0.15) is 36.3 Å². The minimum absolute atomic E-state index is 0.143. The lowest BCUT2D eigenvalue weighted by Gasteiger charge is -2.17. The molecule has 0 aliphatic rings. The van der Waals surface area contributed by atoms with Gasteiger partial charge in [0.2, 0.25) is 0 Å². The predicted molar refractivity (Wildman–Crippen MR) is 75.7 cm³/mol. The van der Waals surface area contributed by atoms with Crippen LogP contribution in [0.4, 0.5) is 0 Å². The van der Waals surface area contributed by atoms with Gasteiger partial charge in [0, 0.05) is 24.8 Å². The van der Waals surface area contributed by atoms with E-state index < -0.39 is 0 Å². The van der Waals surface area contributed by atoms with Crippen molar-refractivity contribution < 1.29 is 0 Å². The van der Waals surface area contributed by atoms with E-state index in [0.717, 1.165) is 30.8 Å². The number of rotatable bonds is 6. The molecule has 1 unspecified atom stereocenters. The molecular formula is C15H20N4. The molecule has 4 nitrogen and oxygen atoms in total. The van der Waals surface area contributed by atoms with Crippen molar-refractivity contribution >= 4 is 0 Å². The molecule has 0 aromatic carbocycles. The van der Waals surface area contributed by atoms with E-state index in [0.29, 0.717) is 0 Å². The smallest absolute Gasteiger partial charge is 0.145 e. The number of aromatic nitrogens is 3. The highest BCUT2D eigenvalue weighted by Crippen LogP contribution is 2.14. The fourth-order valence-electron chi connectivity index (χ4n) is 1.91. The molecule has 2 heterocycles. The third kappa shape index (κ3) is 4.10. The maximum Gasteiger partial charge on any atom is 0.145 e. The summed E-state index contributed by atoms with van der Waals surface area (Å²) < 4.78 is 0. The van der Waals surface area contributed by atoms with Gasteiger partial charge >= 0.3 is 0 Å². The number of nitrogens with zero attached hydrogens (tertiary/aromatic N) is 3. The van der Waals surface area contributed by atoms with Crippen LogP contribution < -0.4 is 5.32 Å². The van der Waals surface area contributed by atoms with Crippen molar-refractivity contribution in [1.29, 1.82) is 0 Å². The molecule has 2 aromatic heterocycles. The first-order valence-electron chi connectivity index (χ1n) is 6.70. The predicted octanol–water partition coefficient (Wildman–Crippen LogP) is 2.46. The molecule has 0 bridgehead atoms. The van der Waals surface area contributed by atoms with Crippen LogP contribution in [0.15, 0.2) is 36.9 Å². The summed E-state index contributed by atoms with van der Waals surface area (Å²) in [6, 6.07) is 4.19. The number of aryl methyl sites for hydroxylation is 1. The lowest BCUT2D eigenvalue weighted by Crippen LogP contribution is -2.26. The number of pyridine rings is 1. The number of hydrogen-bond donors (Lipinski definition) is 1. The molecule has 100 valence electrons. The summed E-state index contributed by atoms with van der Waals surface area (Å²) in [6.45, 7) is 5.12. The van der Waals surface area contributed by atoms with E-state index in [9.17, 15) is 0 Å². The Labute approximate surface area is 114 Å². The Kier molecular flexibility index (Phi) is 4.98. The van der Waals surface area contributed by atoms with E-state index in [2.05, 4.69) is 33.3 Å². The molecule has 0 saturated carbocycles. The van der Waals surface area contributed by atoms with Gasteiger partial charge in [-0.15, -0.1) is 0 Å². The first-order chi connectivity index (χ1) is 9.29. The standard InChI is InChI=1S/C15H20N4/c1-3-6-17-14(8-13-5-4-7-16-11-13)15-18-9-12(2)10-19-15/h4-5,7,9-11,14,17H,3,6,8H2,1-2H3. The third-order valence-electron chi connectivity index (χ3n) is 2.92. The molecular weight excluding hydrogens is 236 g/mol. The van der Waals surface area contributed by atoms with E-state index in [4.69, 9.17) is 0 Å². The van der Waals surface area contributed by atoms with Gasteiger partial charge in [-0.1, -0.05) is 13.0 Å². The average Bonchev–Trinajstić information content (AvgIpc) is 2.45. The van der Waals surface area contributed by atoms with Gasteiger partial charge in [0.25, 0.3) is 0 Å². The Bertz CT molecular complexity index is 481. The molecule has 1 atom stereocenters. The molecule has 19 heavy (non-hydrogen) atoms. The minimum atomic E-state index is 0.143. The zero-order chi connectivity index (χ0) is 13.5. The number of nitrogens with one attached hydrogen (secondary N) is 1. The lowest BCUT2D eigenvalue weighted by molar-refractivity contribution is 0.503. The van der Waals surface area contributed by atoms with Gasteiger partial charge in [-0.3, -0.25) is 4.98 Å². The van der Waals surface area contributed by atoms with Crippen molar-refractivity contribution in [2.75, 3.05) is 6.54 Å². The third-order valence-corrected chi connectivity index (χ3v) is 2.92. The first-order valence-corrected chi connectivity index (χ1v) is 6.70. The van der Waals surface area contributed by atoms with Gasteiger partial charge in [-0.05, 0) is 43.5 Å². The molecule has 4 heteroatoms. The average molecular weight is 256 g/mol. The monoisotopic (exact) mass is 256 g/mol. The molecule has 0 amide bonds. The van der Waals surface area contributed by atoms with Gasteiger partial charge in [-0.2, -0.15) is 0 Å². The van der Waals surface area contributed by atoms with Crippen LogP contribution >= 0.6 is 0 Å². The van der Waals surface area contributed by atoms with Crippen molar-refractivity contribution in [3.63, 3.8) is 0 Å². The molecule has 0 fully saturated rings. The van der Waals surface area contributed by atoms with E-state index in [-0.39, 0.29) is 6.04 Å². The van der Waals surface area contributed by atoms with Crippen LogP contribution in [0.25, 0.3) is 0 Å². The second kappa shape index (κ2) is 6.95. The van der Waals surface area contributed by atoms with Gasteiger partial charge in [0.15, 0.2) is 0 Å². The zero-order valence-electron chi connectivity index (χ0n) is 11.5. The van der Waals surface area contributed by atoms with E-state index >= 15 is 0 Å². The Hall–Kier alpha value is -1.81. The van der Waals surface area contributed by atoms with Crippen LogP contribution in [-0.4, -0.2) is 21.5 Å². The second-order valence-electron chi connectivity index (χ2n) is 4.69. The summed E-state index contributed by atoms with van der Waals surface area (Å²) >= 11 is 0. The van der Waals surface area contributed by atoms with Crippen LogP contribution in [0.5, 0.6) is 0 Å². The van der Waals surface area contributed by atoms with Crippen molar-refractivity contribution in [3.05, 3.63) is 53.9 Å². The molecule has 0 spiro atoms. The normalized spacial score (nSPS) is 12.3. The topological polar surface area (TPSA) is 50.7 Å². The largest absolute Gasteiger partial charge is 0.307 e. The van der Waals surface area contributed by atoms with Crippen LogP contribution in [0.2, 0.25) is 0 Å². The highest BCUT2D eigenvalue weighted by atomic mass is 15.0. The zero-order valence-corrected chi connectivity index (χ0v) is 11.5. The Morgan fingerprint density at radius 2 is 2.00 bits per heavy atom. The Morgan fingerprint density at radius 1 is 1.21 bits per heavy atom. The molecule has 0 aliphatic heterocycles. The van der Waals surface area contributed by atoms with Crippen LogP contribution in [0, 0.1) is 6.92 Å². The van der Waals surface area contributed by atoms with E-state index in [1.807, 2.05) is 31.6 Å². The molecule has 2 rings (SSSR count). The lowest BCUT2D eigenvalue weighted by atomic mass is 10.1. The van der Waals surface area contributed by atoms with Crippen molar-refractivity contribution in [2.45, 2.75) is 32.7 Å². The van der Waals surface area contributed by atoms with Gasteiger partial charge in [0.1, 0.15) is 5.82 Å². The van der Waals surface area contributed by atoms with E-state index in [1.54, 1.807) is 6.20 Å². The molecule has 0 aliphatic carbocycles. The summed E-state index contributed by atoms with van der Waals surface area (Å²) in [6.07, 6.45) is 9.37. The van der Waals surface area contributed by atoms with Crippen molar-refractivity contribution in [2.24, 2.45) is 0 Å². The molecule has 2 aromatic rings. The highest BCUT2D eigenvalue weighted by molar-refractivity contribution is 5.13. The van der Waals surface area contributed by atoms with Gasteiger partial charge in [-0.25, -0.2) is 9.97 Å². The maximum atomic E-state index is 4.43. The molecule has 0 radical (unpaired) electrons. The second-order valence-corrected chi connectivity index (χ2v) is 4.69. The summed E-state index contributed by atoms with van der Waals surface area (Å²) in [5.74, 6) is 0.850. The Balaban J connectivity index is 2.13. The summed E-state index contributed by atoms with van der Waals surface area (Å²) in [7, 11) is 0.